The maximum absolute atomic E-state index is 12.6. The Hall–Kier alpha value is -3.99. The molecule has 5 nitrogen and oxygen atoms in total. The quantitative estimate of drug-likeness (QED) is 0.689. The van der Waals surface area contributed by atoms with E-state index in [0.717, 1.165) is 5.56 Å². The highest BCUT2D eigenvalue weighted by Gasteiger charge is 2.26. The number of carbonyl (C=O) groups excluding carboxylic acids is 3. The fourth-order valence-electron chi connectivity index (χ4n) is 2.99. The summed E-state index contributed by atoms with van der Waals surface area (Å²) in [6.45, 7) is 0. The second kappa shape index (κ2) is 7.32. The second-order valence-electron chi connectivity index (χ2n) is 6.33. The van der Waals surface area contributed by atoms with E-state index in [1.165, 1.54) is 0 Å². The Balaban J connectivity index is 1.53. The summed E-state index contributed by atoms with van der Waals surface area (Å²) < 4.78 is 0. The lowest BCUT2D eigenvalue weighted by molar-refractivity contribution is 0.0910. The van der Waals surface area contributed by atoms with Gasteiger partial charge in [-0.25, -0.2) is 0 Å². The lowest BCUT2D eigenvalue weighted by atomic mass is 9.96. The Kier molecular flexibility index (Phi) is 4.56. The van der Waals surface area contributed by atoms with Gasteiger partial charge in [0.05, 0.1) is 11.3 Å². The molecule has 1 heterocycles. The number of amides is 2. The number of hydrogen-bond acceptors (Lipinski definition) is 3. The number of carbonyl (C=O) groups is 3. The first-order valence-electron chi connectivity index (χ1n) is 8.75. The minimum absolute atomic E-state index is 0.196. The first kappa shape index (κ1) is 17.4. The van der Waals surface area contributed by atoms with Crippen LogP contribution in [0, 0.1) is 0 Å². The molecule has 0 fully saturated rings. The SMILES string of the molecule is O=C(Nc1ccc(/C=C2\NC(=O)c3ccccc3C2=O)cc1)c1ccccc1. The number of nitrogens with one attached hydrogen (secondary N) is 2. The molecule has 2 N–H and O–H groups in total. The molecular formula is C23H16N2O3. The zero-order valence-corrected chi connectivity index (χ0v) is 14.8. The van der Waals surface area contributed by atoms with Gasteiger partial charge in [-0.2, -0.15) is 0 Å². The van der Waals surface area contributed by atoms with Crippen molar-refractivity contribution in [3.63, 3.8) is 0 Å². The van der Waals surface area contributed by atoms with Crippen molar-refractivity contribution in [2.24, 2.45) is 0 Å². The predicted molar refractivity (Wildman–Crippen MR) is 107 cm³/mol. The van der Waals surface area contributed by atoms with Crippen molar-refractivity contribution in [3.8, 4) is 0 Å². The Morgan fingerprint density at radius 3 is 2.14 bits per heavy atom. The van der Waals surface area contributed by atoms with Crippen LogP contribution in [0.5, 0.6) is 0 Å². The van der Waals surface area contributed by atoms with Crippen molar-refractivity contribution < 1.29 is 14.4 Å². The molecule has 136 valence electrons. The molecule has 1 aliphatic rings. The average molecular weight is 368 g/mol. The lowest BCUT2D eigenvalue weighted by Gasteiger charge is -2.17. The van der Waals surface area contributed by atoms with Crippen LogP contribution in [0.3, 0.4) is 0 Å². The number of hydrogen-bond donors (Lipinski definition) is 2. The van der Waals surface area contributed by atoms with Crippen LogP contribution >= 0.6 is 0 Å². The summed E-state index contributed by atoms with van der Waals surface area (Å²) in [5, 5.41) is 5.46. The molecule has 0 bridgehead atoms. The topological polar surface area (TPSA) is 75.3 Å². The Morgan fingerprint density at radius 1 is 0.786 bits per heavy atom. The summed E-state index contributed by atoms with van der Waals surface area (Å²) in [4.78, 5) is 37.0. The molecule has 28 heavy (non-hydrogen) atoms. The normalized spacial score (nSPS) is 14.4. The van der Waals surface area contributed by atoms with Gasteiger partial charge in [0.2, 0.25) is 5.78 Å². The molecule has 5 heteroatoms. The lowest BCUT2D eigenvalue weighted by Crippen LogP contribution is -2.34. The summed E-state index contributed by atoms with van der Waals surface area (Å²) >= 11 is 0. The zero-order chi connectivity index (χ0) is 19.5. The van der Waals surface area contributed by atoms with E-state index >= 15 is 0 Å². The van der Waals surface area contributed by atoms with E-state index in [0.29, 0.717) is 22.4 Å². The first-order chi connectivity index (χ1) is 13.6. The van der Waals surface area contributed by atoms with Gasteiger partial charge in [0.25, 0.3) is 11.8 Å². The van der Waals surface area contributed by atoms with Gasteiger partial charge in [-0.1, -0.05) is 48.5 Å². The highest BCUT2D eigenvalue weighted by Crippen LogP contribution is 2.21. The maximum atomic E-state index is 12.6. The van der Waals surface area contributed by atoms with Crippen molar-refractivity contribution in [2.45, 2.75) is 0 Å². The van der Waals surface area contributed by atoms with Crippen LogP contribution in [0.1, 0.15) is 36.6 Å². The molecule has 3 aromatic rings. The van der Waals surface area contributed by atoms with Gasteiger partial charge in [-0.05, 0) is 42.0 Å². The molecule has 0 aromatic heterocycles. The van der Waals surface area contributed by atoms with E-state index in [1.807, 2.05) is 6.07 Å². The largest absolute Gasteiger partial charge is 0.322 e. The smallest absolute Gasteiger partial charge is 0.256 e. The number of anilines is 1. The average Bonchev–Trinajstić information content (AvgIpc) is 2.74. The zero-order valence-electron chi connectivity index (χ0n) is 14.8. The van der Waals surface area contributed by atoms with E-state index in [2.05, 4.69) is 10.6 Å². The molecule has 0 atom stereocenters. The summed E-state index contributed by atoms with van der Waals surface area (Å²) in [5.74, 6) is -0.720. The molecule has 3 aromatic carbocycles. The summed E-state index contributed by atoms with van der Waals surface area (Å²) in [6.07, 6.45) is 1.62. The van der Waals surface area contributed by atoms with E-state index in [1.54, 1.807) is 78.9 Å². The van der Waals surface area contributed by atoms with Crippen LogP contribution in [-0.2, 0) is 0 Å². The van der Waals surface area contributed by atoms with Crippen molar-refractivity contribution >= 4 is 29.4 Å². The molecule has 1 aliphatic heterocycles. The third kappa shape index (κ3) is 3.46. The van der Waals surface area contributed by atoms with Gasteiger partial charge >= 0.3 is 0 Å². The minimum atomic E-state index is -0.298. The van der Waals surface area contributed by atoms with E-state index in [9.17, 15) is 14.4 Å². The molecule has 0 spiro atoms. The van der Waals surface area contributed by atoms with Crippen LogP contribution < -0.4 is 10.6 Å². The monoisotopic (exact) mass is 368 g/mol. The highest BCUT2D eigenvalue weighted by molar-refractivity contribution is 6.22. The van der Waals surface area contributed by atoms with Crippen molar-refractivity contribution in [3.05, 3.63) is 107 Å². The molecule has 0 aliphatic carbocycles. The molecular weight excluding hydrogens is 352 g/mol. The van der Waals surface area contributed by atoms with Crippen molar-refractivity contribution in [1.29, 1.82) is 0 Å². The number of allylic oxidation sites excluding steroid dienone is 1. The predicted octanol–water partition coefficient (Wildman–Crippen LogP) is 3.91. The Labute approximate surface area is 161 Å². The van der Waals surface area contributed by atoms with E-state index in [4.69, 9.17) is 0 Å². The molecule has 0 saturated carbocycles. The van der Waals surface area contributed by atoms with E-state index in [-0.39, 0.29) is 23.3 Å². The maximum Gasteiger partial charge on any atom is 0.256 e. The minimum Gasteiger partial charge on any atom is -0.322 e. The number of fused-ring (bicyclic) bond motifs is 1. The van der Waals surface area contributed by atoms with Crippen LogP contribution in [0.4, 0.5) is 5.69 Å². The van der Waals surface area contributed by atoms with E-state index < -0.39 is 0 Å². The molecule has 4 rings (SSSR count). The fraction of sp³-hybridized carbons (Fsp3) is 0. The van der Waals surface area contributed by atoms with Crippen molar-refractivity contribution in [1.82, 2.24) is 5.32 Å². The number of benzene rings is 3. The number of Topliss-reactive ketones (excluding diaryl/α,β-unsaturated/α-hetero) is 1. The van der Waals surface area contributed by atoms with Gasteiger partial charge in [0, 0.05) is 16.8 Å². The summed E-state index contributed by atoms with van der Waals surface area (Å²) in [6, 6.07) is 22.7. The van der Waals surface area contributed by atoms with Gasteiger partial charge in [-0.15, -0.1) is 0 Å². The van der Waals surface area contributed by atoms with Gasteiger partial charge in [0.15, 0.2) is 0 Å². The number of ketones is 1. The van der Waals surface area contributed by atoms with Gasteiger partial charge in [0.1, 0.15) is 0 Å². The molecule has 0 saturated heterocycles. The van der Waals surface area contributed by atoms with Crippen LogP contribution in [0.2, 0.25) is 0 Å². The fourth-order valence-corrected chi connectivity index (χ4v) is 2.99. The van der Waals surface area contributed by atoms with Crippen LogP contribution in [0.25, 0.3) is 6.08 Å². The third-order valence-electron chi connectivity index (χ3n) is 4.42. The van der Waals surface area contributed by atoms with Gasteiger partial charge < -0.3 is 10.6 Å². The molecule has 2 amide bonds. The van der Waals surface area contributed by atoms with Crippen molar-refractivity contribution in [2.75, 3.05) is 5.32 Å². The van der Waals surface area contributed by atoms with Crippen LogP contribution in [-0.4, -0.2) is 17.6 Å². The second-order valence-corrected chi connectivity index (χ2v) is 6.33. The summed E-state index contributed by atoms with van der Waals surface area (Å²) in [7, 11) is 0. The highest BCUT2D eigenvalue weighted by atomic mass is 16.2. The first-order valence-corrected chi connectivity index (χ1v) is 8.75. The standard InChI is InChI=1S/C23H16N2O3/c26-21-18-8-4-5-9-19(18)23(28)25-20(21)14-15-10-12-17(13-11-15)24-22(27)16-6-2-1-3-7-16/h1-14H,(H,24,27)(H,25,28)/b20-14-. The third-order valence-corrected chi connectivity index (χ3v) is 4.42. The number of rotatable bonds is 3. The van der Waals surface area contributed by atoms with Gasteiger partial charge in [-0.3, -0.25) is 14.4 Å². The Morgan fingerprint density at radius 2 is 1.43 bits per heavy atom. The summed E-state index contributed by atoms with van der Waals surface area (Å²) in [5.41, 5.74) is 2.95. The Bertz CT molecular complexity index is 1100. The molecule has 0 unspecified atom stereocenters. The van der Waals surface area contributed by atoms with Crippen LogP contribution in [0.15, 0.2) is 84.6 Å². The molecule has 0 radical (unpaired) electrons.